The lowest BCUT2D eigenvalue weighted by atomic mass is 10.2. The van der Waals surface area contributed by atoms with Crippen LogP contribution >= 0.6 is 40.0 Å². The standard InChI is InChI=1S/C13H11ClIN4P/c14-12-6-11-10(8-16-12)13(18-19(11)20-15)17-7-9-4-2-1-3-5-9/h1-6,8,20H,7H2,(H,17,18). The van der Waals surface area contributed by atoms with Gasteiger partial charge in [-0.25, -0.2) is 9.44 Å². The van der Waals surface area contributed by atoms with Crippen LogP contribution in [0, 0.1) is 0 Å². The number of aromatic nitrogens is 3. The van der Waals surface area contributed by atoms with Crippen molar-refractivity contribution in [1.29, 1.82) is 0 Å². The number of pyridine rings is 1. The molecule has 20 heavy (non-hydrogen) atoms. The Labute approximate surface area is 136 Å². The molecule has 0 aliphatic heterocycles. The summed E-state index contributed by atoms with van der Waals surface area (Å²) in [6.45, 7) is 0.736. The third-order valence-electron chi connectivity index (χ3n) is 2.91. The van der Waals surface area contributed by atoms with Crippen molar-refractivity contribution in [3.63, 3.8) is 0 Å². The van der Waals surface area contributed by atoms with E-state index in [0.29, 0.717) is 11.5 Å². The number of anilines is 1. The number of nitrogens with one attached hydrogen (secondary N) is 1. The third-order valence-corrected chi connectivity index (χ3v) is 4.99. The van der Waals surface area contributed by atoms with Gasteiger partial charge in [0.05, 0.1) is 17.3 Å². The summed E-state index contributed by atoms with van der Waals surface area (Å²) in [5, 5.41) is 9.42. The largest absolute Gasteiger partial charge is 0.364 e. The highest BCUT2D eigenvalue weighted by Gasteiger charge is 2.11. The van der Waals surface area contributed by atoms with Gasteiger partial charge in [0, 0.05) is 18.8 Å². The minimum atomic E-state index is 0.489. The second-order valence-electron chi connectivity index (χ2n) is 4.21. The third kappa shape index (κ3) is 2.90. The number of rotatable bonds is 4. The van der Waals surface area contributed by atoms with Crippen molar-refractivity contribution < 1.29 is 0 Å². The number of hydrogen-bond acceptors (Lipinski definition) is 3. The van der Waals surface area contributed by atoms with E-state index in [1.807, 2.05) is 28.7 Å². The van der Waals surface area contributed by atoms with E-state index < -0.39 is 0 Å². The predicted octanol–water partition coefficient (Wildman–Crippen LogP) is 4.49. The maximum Gasteiger partial charge on any atom is 0.158 e. The zero-order valence-corrected chi connectivity index (χ0v) is 14.3. The minimum absolute atomic E-state index is 0.489. The van der Waals surface area contributed by atoms with Crippen LogP contribution in [0.3, 0.4) is 0 Å². The Bertz CT molecular complexity index is 732. The quantitative estimate of drug-likeness (QED) is 0.387. The number of benzene rings is 1. The fourth-order valence-electron chi connectivity index (χ4n) is 1.96. The summed E-state index contributed by atoms with van der Waals surface area (Å²) in [7, 11) is 0. The highest BCUT2D eigenvalue weighted by molar-refractivity contribution is 14.2. The van der Waals surface area contributed by atoms with E-state index in [9.17, 15) is 0 Å². The van der Waals surface area contributed by atoms with E-state index in [-0.39, 0.29) is 0 Å². The van der Waals surface area contributed by atoms with E-state index in [2.05, 4.69) is 49.6 Å². The van der Waals surface area contributed by atoms with Crippen molar-refractivity contribution >= 4 is 56.7 Å². The average molecular weight is 417 g/mol. The minimum Gasteiger partial charge on any atom is -0.364 e. The van der Waals surface area contributed by atoms with Gasteiger partial charge in [-0.2, -0.15) is 5.10 Å². The Kier molecular flexibility index (Phi) is 4.38. The van der Waals surface area contributed by atoms with Crippen molar-refractivity contribution in [1.82, 2.24) is 14.5 Å². The summed E-state index contributed by atoms with van der Waals surface area (Å²) in [5.74, 6) is 0.845. The van der Waals surface area contributed by atoms with E-state index >= 15 is 0 Å². The Hall–Kier alpha value is -0.910. The van der Waals surface area contributed by atoms with Crippen LogP contribution in [0.5, 0.6) is 0 Å². The molecule has 7 heteroatoms. The van der Waals surface area contributed by atoms with Crippen LogP contribution in [-0.2, 0) is 6.54 Å². The molecule has 0 aliphatic rings. The Morgan fingerprint density at radius 2 is 2.10 bits per heavy atom. The lowest BCUT2D eigenvalue weighted by molar-refractivity contribution is 1.01. The van der Waals surface area contributed by atoms with Gasteiger partial charge < -0.3 is 5.32 Å². The molecule has 0 bridgehead atoms. The molecule has 1 unspecified atom stereocenters. The lowest BCUT2D eigenvalue weighted by Gasteiger charge is -2.03. The van der Waals surface area contributed by atoms with Gasteiger partial charge in [-0.1, -0.05) is 41.9 Å². The summed E-state index contributed by atoms with van der Waals surface area (Å²) >= 11 is 8.26. The fourth-order valence-corrected chi connectivity index (χ4v) is 3.63. The fraction of sp³-hybridized carbons (Fsp3) is 0.0769. The summed E-state index contributed by atoms with van der Waals surface area (Å²) in [6, 6.07) is 12.1. The molecule has 3 aromatic rings. The van der Waals surface area contributed by atoms with E-state index in [0.717, 1.165) is 23.3 Å². The molecule has 0 saturated heterocycles. The normalized spacial score (nSPS) is 11.5. The molecular formula is C13H11ClIN4P. The maximum absolute atomic E-state index is 5.96. The average Bonchev–Trinajstić information content (AvgIpc) is 2.83. The second-order valence-corrected chi connectivity index (χ2v) is 6.64. The first-order valence-corrected chi connectivity index (χ1v) is 10.4. The van der Waals surface area contributed by atoms with Crippen LogP contribution in [0.2, 0.25) is 5.15 Å². The molecule has 0 radical (unpaired) electrons. The Balaban J connectivity index is 1.92. The van der Waals surface area contributed by atoms with Gasteiger partial charge in [0.15, 0.2) is 5.82 Å². The van der Waals surface area contributed by atoms with Crippen molar-refractivity contribution in [2.75, 3.05) is 5.32 Å². The Morgan fingerprint density at radius 1 is 1.30 bits per heavy atom. The first kappa shape index (κ1) is 14.0. The smallest absolute Gasteiger partial charge is 0.158 e. The number of hydrogen-bond donors (Lipinski definition) is 1. The number of halogens is 2. The van der Waals surface area contributed by atoms with E-state index in [4.69, 9.17) is 11.6 Å². The SMILES string of the molecule is Clc1cc2c(cn1)c(NCc1ccccc1)nn2PI. The molecule has 1 N–H and O–H groups in total. The molecule has 0 saturated carbocycles. The highest BCUT2D eigenvalue weighted by Crippen LogP contribution is 2.33. The van der Waals surface area contributed by atoms with Crippen LogP contribution in [0.4, 0.5) is 5.82 Å². The molecule has 0 spiro atoms. The van der Waals surface area contributed by atoms with Gasteiger partial charge >= 0.3 is 0 Å². The summed E-state index contributed by atoms with van der Waals surface area (Å²) < 4.78 is 1.94. The highest BCUT2D eigenvalue weighted by atomic mass is 127. The molecule has 0 fully saturated rings. The molecular weight excluding hydrogens is 406 g/mol. The summed E-state index contributed by atoms with van der Waals surface area (Å²) in [5.41, 5.74) is 2.22. The van der Waals surface area contributed by atoms with Crippen LogP contribution in [0.25, 0.3) is 10.9 Å². The van der Waals surface area contributed by atoms with Crippen LogP contribution in [0.15, 0.2) is 42.6 Å². The molecule has 2 heterocycles. The van der Waals surface area contributed by atoms with Crippen LogP contribution in [0.1, 0.15) is 5.56 Å². The zero-order valence-electron chi connectivity index (χ0n) is 10.3. The molecule has 102 valence electrons. The van der Waals surface area contributed by atoms with Crippen molar-refractivity contribution in [2.45, 2.75) is 6.54 Å². The van der Waals surface area contributed by atoms with Gasteiger partial charge in [0.1, 0.15) is 5.15 Å². The van der Waals surface area contributed by atoms with Gasteiger partial charge in [-0.3, -0.25) is 0 Å². The molecule has 4 nitrogen and oxygen atoms in total. The van der Waals surface area contributed by atoms with Crippen LogP contribution < -0.4 is 5.32 Å². The topological polar surface area (TPSA) is 42.7 Å². The van der Waals surface area contributed by atoms with Gasteiger partial charge in [-0.05, 0) is 27.6 Å². The maximum atomic E-state index is 5.96. The van der Waals surface area contributed by atoms with Crippen molar-refractivity contribution in [2.24, 2.45) is 0 Å². The predicted molar refractivity (Wildman–Crippen MR) is 94.0 cm³/mol. The molecule has 3 rings (SSSR count). The first-order valence-electron chi connectivity index (χ1n) is 5.96. The lowest BCUT2D eigenvalue weighted by Crippen LogP contribution is -2.00. The summed E-state index contributed by atoms with van der Waals surface area (Å²) in [4.78, 5) is 4.14. The monoisotopic (exact) mass is 416 g/mol. The number of nitrogens with zero attached hydrogens (tertiary/aromatic N) is 3. The molecule has 2 aromatic heterocycles. The van der Waals surface area contributed by atoms with E-state index in [1.165, 1.54) is 5.56 Å². The summed E-state index contributed by atoms with van der Waals surface area (Å²) in [6.07, 6.45) is 2.29. The second kappa shape index (κ2) is 6.24. The van der Waals surface area contributed by atoms with Crippen LogP contribution in [-0.4, -0.2) is 14.5 Å². The van der Waals surface area contributed by atoms with Gasteiger partial charge in [-0.15, -0.1) is 0 Å². The molecule has 0 amide bonds. The van der Waals surface area contributed by atoms with Crippen molar-refractivity contribution in [3.05, 3.63) is 53.3 Å². The Morgan fingerprint density at radius 3 is 2.85 bits per heavy atom. The van der Waals surface area contributed by atoms with Crippen molar-refractivity contribution in [3.8, 4) is 0 Å². The molecule has 1 atom stereocenters. The van der Waals surface area contributed by atoms with Gasteiger partial charge in [0.2, 0.25) is 0 Å². The van der Waals surface area contributed by atoms with Gasteiger partial charge in [0.25, 0.3) is 0 Å². The molecule has 0 aliphatic carbocycles. The van der Waals surface area contributed by atoms with E-state index in [1.54, 1.807) is 6.20 Å². The number of fused-ring (bicyclic) bond motifs is 1. The molecule has 1 aromatic carbocycles. The zero-order chi connectivity index (χ0) is 13.9. The first-order chi connectivity index (χ1) is 9.78.